The fourth-order valence-corrected chi connectivity index (χ4v) is 5.54. The highest BCUT2D eigenvalue weighted by molar-refractivity contribution is 7.98. The third kappa shape index (κ3) is 2.95. The zero-order valence-corrected chi connectivity index (χ0v) is 16.8. The summed E-state index contributed by atoms with van der Waals surface area (Å²) in [5, 5.41) is 4.97. The van der Waals surface area contributed by atoms with Crippen molar-refractivity contribution in [1.82, 2.24) is 5.32 Å². The molecule has 1 N–H and O–H groups in total. The van der Waals surface area contributed by atoms with Crippen LogP contribution in [0.15, 0.2) is 35.2 Å². The van der Waals surface area contributed by atoms with Crippen LogP contribution in [-0.2, 0) is 0 Å². The molecule has 0 aliphatic carbocycles. The maximum Gasteiger partial charge on any atom is 0.0544 e. The Morgan fingerprint density at radius 2 is 2.08 bits per heavy atom. The minimum atomic E-state index is 0.556. The fraction of sp³-hybridized carbons (Fsp3) is 0.400. The summed E-state index contributed by atoms with van der Waals surface area (Å²) >= 11 is 14.4. The van der Waals surface area contributed by atoms with Gasteiger partial charge in [-0.3, -0.25) is 0 Å². The van der Waals surface area contributed by atoms with Gasteiger partial charge < -0.3 is 10.2 Å². The van der Waals surface area contributed by atoms with Crippen molar-refractivity contribution in [2.75, 3.05) is 30.8 Å². The number of halogens is 2. The van der Waals surface area contributed by atoms with Crippen LogP contribution in [-0.4, -0.2) is 31.9 Å². The van der Waals surface area contributed by atoms with Crippen molar-refractivity contribution in [3.8, 4) is 11.1 Å². The lowest BCUT2D eigenvalue weighted by Gasteiger charge is -2.33. The molecule has 0 aromatic heterocycles. The summed E-state index contributed by atoms with van der Waals surface area (Å²) in [4.78, 5) is 3.95. The number of likely N-dealkylation sites (N-methyl/N-ethyl adjacent to an activating group) is 1. The van der Waals surface area contributed by atoms with Gasteiger partial charge >= 0.3 is 0 Å². The summed E-state index contributed by atoms with van der Waals surface area (Å²) in [5.41, 5.74) is 5.14. The van der Waals surface area contributed by atoms with Crippen LogP contribution in [0.3, 0.4) is 0 Å². The molecule has 2 aromatic rings. The molecule has 0 radical (unpaired) electrons. The first-order valence-electron chi connectivity index (χ1n) is 8.78. The lowest BCUT2D eigenvalue weighted by molar-refractivity contribution is 0.405. The quantitative estimate of drug-likeness (QED) is 0.677. The largest absolute Gasteiger partial charge is 0.367 e. The predicted octanol–water partition coefficient (Wildman–Crippen LogP) is 5.67. The molecule has 0 amide bonds. The van der Waals surface area contributed by atoms with Gasteiger partial charge in [-0.25, -0.2) is 0 Å². The normalized spacial score (nSPS) is 22.0. The van der Waals surface area contributed by atoms with E-state index in [1.54, 1.807) is 0 Å². The Bertz CT molecular complexity index is 809. The Hall–Kier alpha value is -0.870. The number of thioether (sulfide) groups is 1. The zero-order chi connectivity index (χ0) is 17.6. The summed E-state index contributed by atoms with van der Waals surface area (Å²) in [6.45, 7) is 5.49. The number of benzene rings is 2. The molecule has 2 aliphatic heterocycles. The summed E-state index contributed by atoms with van der Waals surface area (Å²) in [6, 6.07) is 11.0. The van der Waals surface area contributed by atoms with Gasteiger partial charge in [0.15, 0.2) is 0 Å². The Kier molecular flexibility index (Phi) is 4.93. The van der Waals surface area contributed by atoms with E-state index in [9.17, 15) is 0 Å². The van der Waals surface area contributed by atoms with Crippen molar-refractivity contribution in [3.63, 3.8) is 0 Å². The van der Waals surface area contributed by atoms with Crippen molar-refractivity contribution >= 4 is 40.7 Å². The topological polar surface area (TPSA) is 15.3 Å². The second-order valence-corrected chi connectivity index (χ2v) is 8.38. The molecule has 132 valence electrons. The molecule has 2 aromatic carbocycles. The molecular formula is C20H22Cl2N2S. The van der Waals surface area contributed by atoms with Gasteiger partial charge in [0.1, 0.15) is 0 Å². The van der Waals surface area contributed by atoms with E-state index < -0.39 is 0 Å². The van der Waals surface area contributed by atoms with Gasteiger partial charge in [-0.05, 0) is 61.5 Å². The molecule has 2 nitrogen and oxygen atoms in total. The molecule has 0 bridgehead atoms. The summed E-state index contributed by atoms with van der Waals surface area (Å²) in [6.07, 6.45) is 3.37. The average Bonchev–Trinajstić information content (AvgIpc) is 2.95. The van der Waals surface area contributed by atoms with E-state index in [-0.39, 0.29) is 0 Å². The van der Waals surface area contributed by atoms with Crippen molar-refractivity contribution in [1.29, 1.82) is 0 Å². The Morgan fingerprint density at radius 1 is 1.24 bits per heavy atom. The van der Waals surface area contributed by atoms with Crippen LogP contribution in [0, 0.1) is 0 Å². The second kappa shape index (κ2) is 7.03. The first-order chi connectivity index (χ1) is 12.1. The van der Waals surface area contributed by atoms with Crippen molar-refractivity contribution in [2.24, 2.45) is 0 Å². The van der Waals surface area contributed by atoms with E-state index in [4.69, 9.17) is 23.2 Å². The number of rotatable bonds is 3. The van der Waals surface area contributed by atoms with E-state index in [0.717, 1.165) is 25.2 Å². The smallest absolute Gasteiger partial charge is 0.0544 e. The molecule has 2 aliphatic rings. The maximum atomic E-state index is 6.49. The Morgan fingerprint density at radius 3 is 2.80 bits per heavy atom. The molecule has 1 fully saturated rings. The third-order valence-electron chi connectivity index (χ3n) is 5.44. The number of nitrogens with zero attached hydrogens (tertiary/aromatic N) is 1. The highest BCUT2D eigenvalue weighted by Crippen LogP contribution is 2.49. The van der Waals surface area contributed by atoms with Crippen LogP contribution < -0.4 is 10.2 Å². The van der Waals surface area contributed by atoms with Crippen molar-refractivity contribution < 1.29 is 0 Å². The third-order valence-corrected chi connectivity index (χ3v) is 6.74. The summed E-state index contributed by atoms with van der Waals surface area (Å²) < 4.78 is 0. The van der Waals surface area contributed by atoms with Gasteiger partial charge in [0, 0.05) is 45.6 Å². The molecule has 4 rings (SSSR count). The van der Waals surface area contributed by atoms with Gasteiger partial charge in [-0.15, -0.1) is 11.8 Å². The second-order valence-electron chi connectivity index (χ2n) is 6.69. The molecule has 25 heavy (non-hydrogen) atoms. The van der Waals surface area contributed by atoms with Crippen LogP contribution >= 0.6 is 35.0 Å². The van der Waals surface area contributed by atoms with E-state index in [1.807, 2.05) is 30.0 Å². The molecule has 0 spiro atoms. The summed E-state index contributed by atoms with van der Waals surface area (Å²) in [7, 11) is 0. The predicted molar refractivity (Wildman–Crippen MR) is 111 cm³/mol. The molecule has 5 heteroatoms. The highest BCUT2D eigenvalue weighted by Gasteiger charge is 2.40. The molecule has 1 saturated heterocycles. The Balaban J connectivity index is 1.88. The van der Waals surface area contributed by atoms with Crippen LogP contribution in [0.25, 0.3) is 11.1 Å². The summed E-state index contributed by atoms with van der Waals surface area (Å²) in [5.74, 6) is 0.556. The van der Waals surface area contributed by atoms with Crippen LogP contribution in [0.4, 0.5) is 5.69 Å². The standard InChI is InChI=1S/C20H22Cl2N2S/c1-3-24-18-6-7-23-11-16(18)15-8-12(9-19(25-2)20(15)24)14-5-4-13(21)10-17(14)22/h4-5,8-10,16,18,23H,3,6-7,11H2,1-2H3. The van der Waals surface area contributed by atoms with E-state index in [2.05, 4.69) is 35.5 Å². The first-order valence-corrected chi connectivity index (χ1v) is 10.8. The van der Waals surface area contributed by atoms with Crippen molar-refractivity contribution in [2.45, 2.75) is 30.2 Å². The number of hydrogen-bond acceptors (Lipinski definition) is 3. The van der Waals surface area contributed by atoms with Crippen molar-refractivity contribution in [3.05, 3.63) is 45.9 Å². The number of fused-ring (bicyclic) bond motifs is 3. The molecule has 0 saturated carbocycles. The minimum Gasteiger partial charge on any atom is -0.367 e. The maximum absolute atomic E-state index is 6.49. The van der Waals surface area contributed by atoms with E-state index in [1.165, 1.54) is 28.1 Å². The average molecular weight is 393 g/mol. The van der Waals surface area contributed by atoms with E-state index in [0.29, 0.717) is 22.0 Å². The monoisotopic (exact) mass is 392 g/mol. The van der Waals surface area contributed by atoms with Gasteiger partial charge in [-0.2, -0.15) is 0 Å². The lowest BCUT2D eigenvalue weighted by atomic mass is 9.88. The van der Waals surface area contributed by atoms with Gasteiger partial charge in [0.25, 0.3) is 0 Å². The number of anilines is 1. The van der Waals surface area contributed by atoms with Gasteiger partial charge in [0.05, 0.1) is 5.69 Å². The molecule has 2 heterocycles. The van der Waals surface area contributed by atoms with E-state index >= 15 is 0 Å². The fourth-order valence-electron chi connectivity index (χ4n) is 4.35. The minimum absolute atomic E-state index is 0.556. The van der Waals surface area contributed by atoms with Crippen LogP contribution in [0.5, 0.6) is 0 Å². The van der Waals surface area contributed by atoms with Crippen LogP contribution in [0.1, 0.15) is 24.8 Å². The lowest BCUT2D eigenvalue weighted by Crippen LogP contribution is -2.44. The zero-order valence-electron chi connectivity index (χ0n) is 14.5. The number of hydrogen-bond donors (Lipinski definition) is 1. The number of piperidine rings is 1. The molecular weight excluding hydrogens is 371 g/mol. The SMILES string of the molecule is CCN1c2c(SC)cc(-c3ccc(Cl)cc3Cl)cc2C2CNCCC21. The molecule has 2 atom stereocenters. The Labute approximate surface area is 163 Å². The first kappa shape index (κ1) is 17.5. The number of nitrogens with one attached hydrogen (secondary N) is 1. The molecule has 2 unspecified atom stereocenters. The van der Waals surface area contributed by atoms with Gasteiger partial charge in [-0.1, -0.05) is 29.3 Å². The van der Waals surface area contributed by atoms with Gasteiger partial charge in [0.2, 0.25) is 0 Å². The highest BCUT2D eigenvalue weighted by atomic mass is 35.5. The van der Waals surface area contributed by atoms with Crippen LogP contribution in [0.2, 0.25) is 10.0 Å².